The van der Waals surface area contributed by atoms with Crippen molar-refractivity contribution >= 4 is 11.6 Å². The van der Waals surface area contributed by atoms with Gasteiger partial charge < -0.3 is 9.52 Å². The summed E-state index contributed by atoms with van der Waals surface area (Å²) in [5.41, 5.74) is 0.270. The number of alkyl halides is 3. The number of rotatable bonds is 8. The van der Waals surface area contributed by atoms with Crippen LogP contribution in [0.25, 0.3) is 11.3 Å². The number of hydrogen-bond donors (Lipinski definition) is 1. The van der Waals surface area contributed by atoms with E-state index in [2.05, 4.69) is 4.90 Å². The van der Waals surface area contributed by atoms with Crippen LogP contribution in [-0.2, 0) is 19.1 Å². The molecule has 0 amide bonds. The molecule has 1 fully saturated rings. The third kappa shape index (κ3) is 5.70. The standard InChI is InChI=1S/C24H23ClF3NO2/c25-17-5-3-4-16(12-17)13-19(30)14-29(18-8-9-18)15-20-10-11-23(31-20)21-6-1-2-7-22(21)24(26,27)28/h1-7,10-12,18-19,30H,8-9,13-15H2. The van der Waals surface area contributed by atoms with Crippen molar-refractivity contribution in [3.63, 3.8) is 0 Å². The van der Waals surface area contributed by atoms with Gasteiger partial charge in [0.1, 0.15) is 11.5 Å². The van der Waals surface area contributed by atoms with Gasteiger partial charge in [-0.2, -0.15) is 13.2 Å². The molecule has 4 rings (SSSR count). The molecular formula is C24H23ClF3NO2. The fourth-order valence-corrected chi connectivity index (χ4v) is 4.02. The van der Waals surface area contributed by atoms with Crippen molar-refractivity contribution in [2.45, 2.75) is 44.1 Å². The molecule has 1 saturated carbocycles. The number of furan rings is 1. The second-order valence-corrected chi connectivity index (χ2v) is 8.39. The third-order valence-electron chi connectivity index (χ3n) is 5.39. The average Bonchev–Trinajstić information content (AvgIpc) is 3.46. The van der Waals surface area contributed by atoms with E-state index in [1.807, 2.05) is 18.2 Å². The molecule has 3 nitrogen and oxygen atoms in total. The minimum Gasteiger partial charge on any atom is -0.460 e. The van der Waals surface area contributed by atoms with E-state index in [1.54, 1.807) is 24.3 Å². The summed E-state index contributed by atoms with van der Waals surface area (Å²) in [4.78, 5) is 2.13. The highest BCUT2D eigenvalue weighted by atomic mass is 35.5. The summed E-state index contributed by atoms with van der Waals surface area (Å²) in [7, 11) is 0. The molecule has 1 heterocycles. The van der Waals surface area contributed by atoms with Crippen LogP contribution in [0.2, 0.25) is 5.02 Å². The Balaban J connectivity index is 1.45. The Kier molecular flexibility index (Phi) is 6.42. The summed E-state index contributed by atoms with van der Waals surface area (Å²) >= 11 is 6.02. The predicted octanol–water partition coefficient (Wildman–Crippen LogP) is 6.19. The van der Waals surface area contributed by atoms with E-state index in [4.69, 9.17) is 16.0 Å². The van der Waals surface area contributed by atoms with Crippen LogP contribution >= 0.6 is 11.6 Å². The number of aliphatic hydroxyl groups excluding tert-OH is 1. The normalized spacial score (nSPS) is 15.4. The van der Waals surface area contributed by atoms with Crippen LogP contribution in [0.15, 0.2) is 65.1 Å². The quantitative estimate of drug-likeness (QED) is 0.445. The van der Waals surface area contributed by atoms with Gasteiger partial charge in [0.05, 0.1) is 18.2 Å². The number of nitrogens with zero attached hydrogens (tertiary/aromatic N) is 1. The van der Waals surface area contributed by atoms with Crippen LogP contribution in [0.4, 0.5) is 13.2 Å². The molecule has 1 atom stereocenters. The van der Waals surface area contributed by atoms with Gasteiger partial charge >= 0.3 is 6.18 Å². The molecule has 0 radical (unpaired) electrons. The summed E-state index contributed by atoms with van der Waals surface area (Å²) in [5, 5.41) is 11.2. The minimum atomic E-state index is -4.45. The maximum atomic E-state index is 13.3. The lowest BCUT2D eigenvalue weighted by Gasteiger charge is -2.24. The zero-order valence-corrected chi connectivity index (χ0v) is 17.5. The summed E-state index contributed by atoms with van der Waals surface area (Å²) in [6.45, 7) is 0.887. The topological polar surface area (TPSA) is 36.6 Å². The first-order valence-corrected chi connectivity index (χ1v) is 10.6. The third-order valence-corrected chi connectivity index (χ3v) is 5.62. The molecular weight excluding hydrogens is 427 g/mol. The molecule has 1 aliphatic rings. The zero-order chi connectivity index (χ0) is 22.0. The van der Waals surface area contributed by atoms with E-state index in [9.17, 15) is 18.3 Å². The Morgan fingerprint density at radius 1 is 1.06 bits per heavy atom. The van der Waals surface area contributed by atoms with Crippen LogP contribution in [0.1, 0.15) is 29.7 Å². The number of halogens is 4. The molecule has 0 bridgehead atoms. The average molecular weight is 450 g/mol. The van der Waals surface area contributed by atoms with E-state index < -0.39 is 17.8 Å². The van der Waals surface area contributed by atoms with Gasteiger partial charge in [0, 0.05) is 23.2 Å². The van der Waals surface area contributed by atoms with Gasteiger partial charge in [0.2, 0.25) is 0 Å². The smallest absolute Gasteiger partial charge is 0.417 e. The van der Waals surface area contributed by atoms with Crippen LogP contribution in [0.3, 0.4) is 0 Å². The lowest BCUT2D eigenvalue weighted by Crippen LogP contribution is -2.34. The Morgan fingerprint density at radius 2 is 1.84 bits per heavy atom. The van der Waals surface area contributed by atoms with Crippen molar-refractivity contribution < 1.29 is 22.7 Å². The molecule has 2 aromatic carbocycles. The molecule has 0 saturated heterocycles. The second kappa shape index (κ2) is 9.07. The SMILES string of the molecule is OC(Cc1cccc(Cl)c1)CN(Cc1ccc(-c2ccccc2C(F)(F)F)o1)C1CC1. The highest BCUT2D eigenvalue weighted by Gasteiger charge is 2.34. The number of hydrogen-bond acceptors (Lipinski definition) is 3. The van der Waals surface area contributed by atoms with Crippen molar-refractivity contribution in [3.8, 4) is 11.3 Å². The minimum absolute atomic E-state index is 0.0280. The lowest BCUT2D eigenvalue weighted by molar-refractivity contribution is -0.137. The first-order chi connectivity index (χ1) is 14.8. The highest BCUT2D eigenvalue weighted by molar-refractivity contribution is 6.30. The molecule has 1 aromatic heterocycles. The fourth-order valence-electron chi connectivity index (χ4n) is 3.81. The van der Waals surface area contributed by atoms with Gasteiger partial charge in [0.25, 0.3) is 0 Å². The molecule has 0 aliphatic heterocycles. The maximum Gasteiger partial charge on any atom is 0.417 e. The maximum absolute atomic E-state index is 13.3. The van der Waals surface area contributed by atoms with Crippen LogP contribution in [-0.4, -0.2) is 28.7 Å². The van der Waals surface area contributed by atoms with Crippen LogP contribution in [0.5, 0.6) is 0 Å². The molecule has 3 aromatic rings. The number of benzene rings is 2. The molecule has 31 heavy (non-hydrogen) atoms. The van der Waals surface area contributed by atoms with Crippen molar-refractivity contribution in [3.05, 3.63) is 82.6 Å². The van der Waals surface area contributed by atoms with E-state index in [0.717, 1.165) is 24.5 Å². The van der Waals surface area contributed by atoms with Crippen molar-refractivity contribution in [2.75, 3.05) is 6.54 Å². The van der Waals surface area contributed by atoms with E-state index in [-0.39, 0.29) is 11.3 Å². The Labute approximate surface area is 184 Å². The van der Waals surface area contributed by atoms with Crippen molar-refractivity contribution in [2.24, 2.45) is 0 Å². The zero-order valence-electron chi connectivity index (χ0n) is 16.8. The van der Waals surface area contributed by atoms with E-state index in [0.29, 0.717) is 36.3 Å². The number of aliphatic hydroxyl groups is 1. The van der Waals surface area contributed by atoms with Gasteiger partial charge in [0.15, 0.2) is 0 Å². The molecule has 7 heteroatoms. The molecule has 164 valence electrons. The first kappa shape index (κ1) is 21.9. The van der Waals surface area contributed by atoms with E-state index in [1.165, 1.54) is 12.1 Å². The van der Waals surface area contributed by atoms with Crippen LogP contribution in [0, 0.1) is 0 Å². The monoisotopic (exact) mass is 449 g/mol. The summed E-state index contributed by atoms with van der Waals surface area (Å²) in [6.07, 6.45) is -2.48. The molecule has 1 N–H and O–H groups in total. The van der Waals surface area contributed by atoms with Gasteiger partial charge in [-0.25, -0.2) is 0 Å². The molecule has 0 spiro atoms. The van der Waals surface area contributed by atoms with Gasteiger partial charge in [-0.1, -0.05) is 41.9 Å². The highest BCUT2D eigenvalue weighted by Crippen LogP contribution is 2.38. The fraction of sp³-hybridized carbons (Fsp3) is 0.333. The van der Waals surface area contributed by atoms with Gasteiger partial charge in [-0.05, 0) is 55.2 Å². The molecule has 1 aliphatic carbocycles. The summed E-state index contributed by atoms with van der Waals surface area (Å²) < 4.78 is 45.8. The lowest BCUT2D eigenvalue weighted by atomic mass is 10.1. The van der Waals surface area contributed by atoms with Crippen molar-refractivity contribution in [1.29, 1.82) is 0 Å². The first-order valence-electron chi connectivity index (χ1n) is 10.2. The Hall–Kier alpha value is -2.28. The Morgan fingerprint density at radius 3 is 2.55 bits per heavy atom. The summed E-state index contributed by atoms with van der Waals surface area (Å²) in [6, 6.07) is 16.4. The van der Waals surface area contributed by atoms with Gasteiger partial charge in [-0.15, -0.1) is 0 Å². The summed E-state index contributed by atoms with van der Waals surface area (Å²) in [5.74, 6) is 0.770. The largest absolute Gasteiger partial charge is 0.460 e. The Bertz CT molecular complexity index is 1030. The van der Waals surface area contributed by atoms with Crippen molar-refractivity contribution in [1.82, 2.24) is 4.90 Å². The van der Waals surface area contributed by atoms with E-state index >= 15 is 0 Å². The molecule has 1 unspecified atom stereocenters. The predicted molar refractivity (Wildman–Crippen MR) is 114 cm³/mol. The van der Waals surface area contributed by atoms with Crippen LogP contribution < -0.4 is 0 Å². The second-order valence-electron chi connectivity index (χ2n) is 7.96. The van der Waals surface area contributed by atoms with Gasteiger partial charge in [-0.3, -0.25) is 4.90 Å².